The Balaban J connectivity index is 3.08. The van der Waals surface area contributed by atoms with Crippen LogP contribution in [0.3, 0.4) is 0 Å². The summed E-state index contributed by atoms with van der Waals surface area (Å²) in [5, 5.41) is 0. The lowest BCUT2D eigenvalue weighted by Crippen LogP contribution is -2.04. The molecule has 0 fully saturated rings. The van der Waals surface area contributed by atoms with Crippen LogP contribution in [0, 0.1) is 5.95 Å². The Morgan fingerprint density at radius 2 is 2.33 bits per heavy atom. The normalized spacial score (nSPS) is 9.50. The van der Waals surface area contributed by atoms with Crippen LogP contribution in [0.5, 0.6) is 0 Å². The van der Waals surface area contributed by atoms with Gasteiger partial charge in [0.1, 0.15) is 5.82 Å². The lowest BCUT2D eigenvalue weighted by Gasteiger charge is -1.99. The summed E-state index contributed by atoms with van der Waals surface area (Å²) in [5.41, 5.74) is 5.25. The van der Waals surface area contributed by atoms with E-state index in [2.05, 4.69) is 9.72 Å². The molecule has 0 amide bonds. The van der Waals surface area contributed by atoms with Gasteiger partial charge in [-0.3, -0.25) is 0 Å². The van der Waals surface area contributed by atoms with Crippen molar-refractivity contribution < 1.29 is 13.9 Å². The Bertz CT molecular complexity index is 294. The maximum absolute atomic E-state index is 12.5. The zero-order valence-corrected chi connectivity index (χ0v) is 6.37. The number of ether oxygens (including phenoxy) is 1. The number of carbonyl (C=O) groups excluding carboxylic acids is 1. The van der Waals surface area contributed by atoms with Crippen LogP contribution in [0.2, 0.25) is 0 Å². The molecule has 0 saturated carbocycles. The number of halogens is 1. The third-order valence-corrected chi connectivity index (χ3v) is 1.23. The van der Waals surface area contributed by atoms with E-state index in [0.29, 0.717) is 0 Å². The van der Waals surface area contributed by atoms with Gasteiger partial charge >= 0.3 is 5.97 Å². The Hall–Kier alpha value is -1.65. The Kier molecular flexibility index (Phi) is 2.23. The van der Waals surface area contributed by atoms with Crippen molar-refractivity contribution in [2.75, 3.05) is 12.8 Å². The van der Waals surface area contributed by atoms with Crippen LogP contribution in [-0.2, 0) is 4.74 Å². The molecule has 0 spiro atoms. The lowest BCUT2D eigenvalue weighted by atomic mass is 10.2. The van der Waals surface area contributed by atoms with E-state index >= 15 is 0 Å². The van der Waals surface area contributed by atoms with Crippen LogP contribution >= 0.6 is 0 Å². The fraction of sp³-hybridized carbons (Fsp3) is 0.143. The number of nitrogens with two attached hydrogens (primary N) is 1. The summed E-state index contributed by atoms with van der Waals surface area (Å²) in [5.74, 6) is -1.48. The summed E-state index contributed by atoms with van der Waals surface area (Å²) in [4.78, 5) is 14.1. The minimum atomic E-state index is -0.796. The van der Waals surface area contributed by atoms with Gasteiger partial charge in [-0.15, -0.1) is 0 Å². The van der Waals surface area contributed by atoms with E-state index in [1.165, 1.54) is 13.2 Å². The van der Waals surface area contributed by atoms with E-state index in [-0.39, 0.29) is 11.4 Å². The van der Waals surface area contributed by atoms with Crippen molar-refractivity contribution >= 4 is 11.8 Å². The smallest absolute Gasteiger partial charge is 0.338 e. The van der Waals surface area contributed by atoms with Crippen LogP contribution in [0.4, 0.5) is 10.2 Å². The van der Waals surface area contributed by atoms with Crippen LogP contribution in [-0.4, -0.2) is 18.1 Å². The number of anilines is 1. The molecule has 0 unspecified atom stereocenters. The predicted octanol–water partition coefficient (Wildman–Crippen LogP) is 0.590. The highest BCUT2D eigenvalue weighted by Gasteiger charge is 2.07. The lowest BCUT2D eigenvalue weighted by molar-refractivity contribution is 0.0600. The second-order valence-electron chi connectivity index (χ2n) is 2.09. The van der Waals surface area contributed by atoms with Crippen molar-refractivity contribution in [3.05, 3.63) is 23.6 Å². The van der Waals surface area contributed by atoms with Gasteiger partial charge in [0, 0.05) is 6.07 Å². The third kappa shape index (κ3) is 1.69. The van der Waals surface area contributed by atoms with Gasteiger partial charge < -0.3 is 10.5 Å². The number of aromatic nitrogens is 1. The predicted molar refractivity (Wildman–Crippen MR) is 39.9 cm³/mol. The van der Waals surface area contributed by atoms with E-state index in [4.69, 9.17) is 5.73 Å². The van der Waals surface area contributed by atoms with Gasteiger partial charge in [-0.25, -0.2) is 9.78 Å². The Morgan fingerprint density at radius 1 is 1.67 bits per heavy atom. The van der Waals surface area contributed by atoms with E-state index in [1.54, 1.807) is 0 Å². The van der Waals surface area contributed by atoms with Crippen molar-refractivity contribution in [2.45, 2.75) is 0 Å². The van der Waals surface area contributed by atoms with Gasteiger partial charge in [0.05, 0.1) is 12.7 Å². The minimum Gasteiger partial charge on any atom is -0.465 e. The van der Waals surface area contributed by atoms with Gasteiger partial charge in [-0.2, -0.15) is 4.39 Å². The zero-order valence-electron chi connectivity index (χ0n) is 6.37. The molecule has 0 aromatic carbocycles. The number of esters is 1. The van der Waals surface area contributed by atoms with E-state index in [1.807, 2.05) is 0 Å². The standard InChI is InChI=1S/C7H7FN2O2/c1-12-7(11)4-2-5(8)10-6(9)3-4/h2-3H,1H3,(H2,9,10). The minimum absolute atomic E-state index is 0.0459. The molecule has 12 heavy (non-hydrogen) atoms. The molecule has 0 bridgehead atoms. The van der Waals surface area contributed by atoms with E-state index < -0.39 is 11.9 Å². The average molecular weight is 170 g/mol. The molecule has 4 nitrogen and oxygen atoms in total. The van der Waals surface area contributed by atoms with Gasteiger partial charge in [0.15, 0.2) is 0 Å². The fourth-order valence-corrected chi connectivity index (χ4v) is 0.753. The molecule has 1 heterocycles. The summed E-state index contributed by atoms with van der Waals surface area (Å²) in [6.07, 6.45) is 0. The van der Waals surface area contributed by atoms with E-state index in [0.717, 1.165) is 6.07 Å². The summed E-state index contributed by atoms with van der Waals surface area (Å²) in [7, 11) is 1.21. The van der Waals surface area contributed by atoms with Crippen molar-refractivity contribution in [2.24, 2.45) is 0 Å². The van der Waals surface area contributed by atoms with Crippen LogP contribution in [0.15, 0.2) is 12.1 Å². The molecule has 0 aliphatic rings. The largest absolute Gasteiger partial charge is 0.465 e. The SMILES string of the molecule is COC(=O)c1cc(N)nc(F)c1. The van der Waals surface area contributed by atoms with Gasteiger partial charge in [0.2, 0.25) is 5.95 Å². The number of hydrogen-bond acceptors (Lipinski definition) is 4. The molecular formula is C7H7FN2O2. The van der Waals surface area contributed by atoms with Crippen LogP contribution < -0.4 is 5.73 Å². The van der Waals surface area contributed by atoms with Gasteiger partial charge in [0.25, 0.3) is 0 Å². The molecule has 0 aliphatic carbocycles. The Labute approximate surface area is 68.2 Å². The summed E-state index contributed by atoms with van der Waals surface area (Å²) < 4.78 is 16.9. The van der Waals surface area contributed by atoms with Crippen LogP contribution in [0.25, 0.3) is 0 Å². The molecule has 64 valence electrons. The number of hydrogen-bond donors (Lipinski definition) is 1. The second-order valence-corrected chi connectivity index (χ2v) is 2.09. The van der Waals surface area contributed by atoms with Gasteiger partial charge in [-0.05, 0) is 6.07 Å². The average Bonchev–Trinajstić information content (AvgIpc) is 2.01. The van der Waals surface area contributed by atoms with Crippen molar-refractivity contribution in [1.29, 1.82) is 0 Å². The highest BCUT2D eigenvalue weighted by Crippen LogP contribution is 2.07. The van der Waals surface area contributed by atoms with Crippen molar-refractivity contribution in [1.82, 2.24) is 4.98 Å². The molecule has 0 radical (unpaired) electrons. The highest BCUT2D eigenvalue weighted by molar-refractivity contribution is 5.89. The van der Waals surface area contributed by atoms with Crippen molar-refractivity contribution in [3.63, 3.8) is 0 Å². The zero-order chi connectivity index (χ0) is 9.14. The molecule has 1 aromatic heterocycles. The van der Waals surface area contributed by atoms with Crippen LogP contribution in [0.1, 0.15) is 10.4 Å². The summed E-state index contributed by atoms with van der Waals surface area (Å²) >= 11 is 0. The number of nitrogen functional groups attached to an aromatic ring is 1. The second kappa shape index (κ2) is 3.17. The quantitative estimate of drug-likeness (QED) is 0.494. The first-order chi connectivity index (χ1) is 5.63. The molecule has 0 saturated heterocycles. The maximum Gasteiger partial charge on any atom is 0.338 e. The summed E-state index contributed by atoms with van der Waals surface area (Å²) in [6, 6.07) is 2.21. The number of nitrogens with zero attached hydrogens (tertiary/aromatic N) is 1. The van der Waals surface area contributed by atoms with E-state index in [9.17, 15) is 9.18 Å². The molecule has 0 atom stereocenters. The first-order valence-corrected chi connectivity index (χ1v) is 3.15. The van der Waals surface area contributed by atoms with Gasteiger partial charge in [-0.1, -0.05) is 0 Å². The topological polar surface area (TPSA) is 65.2 Å². The first-order valence-electron chi connectivity index (χ1n) is 3.15. The number of rotatable bonds is 1. The molecule has 1 aromatic rings. The molecular weight excluding hydrogens is 163 g/mol. The molecule has 1 rings (SSSR count). The van der Waals surface area contributed by atoms with Crippen molar-refractivity contribution in [3.8, 4) is 0 Å². The molecule has 2 N–H and O–H groups in total. The Morgan fingerprint density at radius 3 is 2.83 bits per heavy atom. The first kappa shape index (κ1) is 8.45. The number of methoxy groups -OCH3 is 1. The molecule has 5 heteroatoms. The highest BCUT2D eigenvalue weighted by atomic mass is 19.1. The fourth-order valence-electron chi connectivity index (χ4n) is 0.753. The maximum atomic E-state index is 12.5. The molecule has 0 aliphatic heterocycles. The third-order valence-electron chi connectivity index (χ3n) is 1.23. The summed E-state index contributed by atoms with van der Waals surface area (Å²) in [6.45, 7) is 0. The number of carbonyl (C=O) groups is 1. The monoisotopic (exact) mass is 170 g/mol. The number of pyridine rings is 1.